The van der Waals surface area contributed by atoms with E-state index in [0.717, 1.165) is 154 Å². The third-order valence-corrected chi connectivity index (χ3v) is 27.9. The first-order valence-electron chi connectivity index (χ1n) is 58.2. The van der Waals surface area contributed by atoms with Crippen LogP contribution in [0.1, 0.15) is 494 Å². The van der Waals surface area contributed by atoms with Crippen LogP contribution in [0.2, 0.25) is 0 Å². The van der Waals surface area contributed by atoms with Crippen LogP contribution in [0, 0.1) is 0 Å². The molecule has 6 aromatic carbocycles. The fourth-order valence-corrected chi connectivity index (χ4v) is 19.5. The molecular formula is C126H192O18. The molecule has 1 aliphatic rings. The number of benzene rings is 6. The standard InChI is InChI=1S/C126H192O18/c1-7-13-19-25-31-37-43-49-55-61-85-133-115(127)97-139-121-103-73-67-74-104(121)92-106-76-69-78-108(123(106)141-99-117(129)135-87-63-57-51-45-39-33-27-21-15-9-3)94-110-80-71-82-112(125(110)143-101-119(131)137-89-65-59-53-47-41-35-29-23-17-11-5)96-114-84-72-83-113(126(114)144-102-120(132)138-90-66-60-54-48-42-36-30-24-18-12-6)95-111-81-70-79-109(124(111)142-100-118(130)136-88-64-58-52-46-40-34-28-22-16-10-4)93-107-77-68-75-105(91-103)122(107)140-98-116(128)134-86-62-56-50-44-38-32-26-20-14-8-2/h67-84H,7-66,85-102H2,1-6H3. The molecule has 0 N–H and O–H groups in total. The van der Waals surface area contributed by atoms with E-state index in [0.29, 0.717) is 101 Å². The van der Waals surface area contributed by atoms with Crippen LogP contribution >= 0.6 is 0 Å². The molecule has 0 atom stereocenters. The van der Waals surface area contributed by atoms with Crippen LogP contribution in [-0.2, 0) is 95.7 Å². The minimum atomic E-state index is -0.507. The Hall–Kier alpha value is -9.06. The number of carbonyl (C=O) groups is 6. The number of esters is 6. The van der Waals surface area contributed by atoms with Gasteiger partial charge in [0.15, 0.2) is 39.6 Å². The Morgan fingerprint density at radius 1 is 0.153 bits per heavy atom. The monoisotopic (exact) mass is 1990 g/mol. The number of hydrogen-bond donors (Lipinski definition) is 0. The summed E-state index contributed by atoms with van der Waals surface area (Å²) in [6, 6.07) is 35.6. The van der Waals surface area contributed by atoms with Gasteiger partial charge in [-0.1, -0.05) is 497 Å². The van der Waals surface area contributed by atoms with Crippen molar-refractivity contribution in [2.24, 2.45) is 0 Å². The van der Waals surface area contributed by atoms with Crippen molar-refractivity contribution in [2.45, 2.75) is 465 Å². The van der Waals surface area contributed by atoms with Crippen LogP contribution in [0.3, 0.4) is 0 Å². The number of carbonyl (C=O) groups excluding carboxylic acids is 6. The maximum absolute atomic E-state index is 14.3. The Morgan fingerprint density at radius 2 is 0.250 bits per heavy atom. The molecule has 18 nitrogen and oxygen atoms in total. The zero-order valence-electron chi connectivity index (χ0n) is 90.9. The summed E-state index contributed by atoms with van der Waals surface area (Å²) in [5.74, 6) is -0.450. The Morgan fingerprint density at radius 3 is 0.354 bits per heavy atom. The molecule has 0 radical (unpaired) electrons. The van der Waals surface area contributed by atoms with E-state index in [2.05, 4.69) is 41.5 Å². The number of fused-ring (bicyclic) bond motifs is 12. The minimum absolute atomic E-state index is 0.189. The van der Waals surface area contributed by atoms with Gasteiger partial charge >= 0.3 is 35.8 Å². The Labute approximate surface area is 871 Å². The summed E-state index contributed by atoms with van der Waals surface area (Å²) in [5.41, 5.74) is 8.44. The van der Waals surface area contributed by atoms with E-state index in [1.165, 1.54) is 231 Å². The average molecular weight is 1990 g/mol. The van der Waals surface area contributed by atoms with Crippen LogP contribution in [-0.4, -0.2) is 115 Å². The first-order chi connectivity index (χ1) is 70.9. The van der Waals surface area contributed by atoms with Crippen LogP contribution in [0.15, 0.2) is 109 Å². The molecule has 0 unspecified atom stereocenters. The van der Waals surface area contributed by atoms with E-state index in [-0.39, 0.29) is 78.2 Å². The van der Waals surface area contributed by atoms with E-state index in [4.69, 9.17) is 56.8 Å². The third-order valence-electron chi connectivity index (χ3n) is 27.9. The molecule has 0 saturated carbocycles. The Kier molecular flexibility index (Phi) is 68.6. The number of unbranched alkanes of at least 4 members (excludes halogenated alkanes) is 54. The van der Waals surface area contributed by atoms with Gasteiger partial charge in [0.05, 0.1) is 39.6 Å². The summed E-state index contributed by atoms with van der Waals surface area (Å²) in [6.07, 6.45) is 69.5. The Balaban J connectivity index is 1.37. The molecule has 0 fully saturated rings. The van der Waals surface area contributed by atoms with Gasteiger partial charge < -0.3 is 56.8 Å². The predicted molar refractivity (Wildman–Crippen MR) is 585 cm³/mol. The van der Waals surface area contributed by atoms with Crippen molar-refractivity contribution >= 4 is 35.8 Å². The molecule has 0 saturated heterocycles. The lowest BCUT2D eigenvalue weighted by Crippen LogP contribution is -2.19. The molecule has 144 heavy (non-hydrogen) atoms. The number of hydrogen-bond acceptors (Lipinski definition) is 18. The molecule has 804 valence electrons. The van der Waals surface area contributed by atoms with Gasteiger partial charge in [-0.05, 0) is 105 Å². The lowest BCUT2D eigenvalue weighted by Gasteiger charge is -2.22. The molecule has 12 bridgehead atoms. The molecule has 18 heteroatoms. The second kappa shape index (κ2) is 81.0. The molecule has 0 amide bonds. The normalized spacial score (nSPS) is 11.9. The van der Waals surface area contributed by atoms with Gasteiger partial charge in [-0.2, -0.15) is 0 Å². The third kappa shape index (κ3) is 54.0. The predicted octanol–water partition coefficient (Wildman–Crippen LogP) is 32.6. The second-order valence-electron chi connectivity index (χ2n) is 40.6. The van der Waals surface area contributed by atoms with Crippen molar-refractivity contribution < 1.29 is 85.6 Å². The fourth-order valence-electron chi connectivity index (χ4n) is 19.5. The van der Waals surface area contributed by atoms with E-state index in [9.17, 15) is 28.8 Å². The number of ether oxygens (including phenoxy) is 12. The van der Waals surface area contributed by atoms with Crippen molar-refractivity contribution in [1.82, 2.24) is 0 Å². The highest BCUT2D eigenvalue weighted by Crippen LogP contribution is 2.42. The van der Waals surface area contributed by atoms with Crippen LogP contribution in [0.4, 0.5) is 0 Å². The average Bonchev–Trinajstić information content (AvgIpc) is 0.785. The second-order valence-corrected chi connectivity index (χ2v) is 40.6. The van der Waals surface area contributed by atoms with Crippen molar-refractivity contribution in [3.8, 4) is 34.5 Å². The molecular weight excluding hydrogens is 1800 g/mol. The first-order valence-corrected chi connectivity index (χ1v) is 58.2. The summed E-state index contributed by atoms with van der Waals surface area (Å²) < 4.78 is 77.6. The molecule has 0 aliphatic heterocycles. The highest BCUT2D eigenvalue weighted by atomic mass is 16.6. The number of para-hydroxylation sites is 6. The molecule has 7 rings (SSSR count). The van der Waals surface area contributed by atoms with Gasteiger partial charge in [0.25, 0.3) is 0 Å². The summed E-state index contributed by atoms with van der Waals surface area (Å²) in [7, 11) is 0. The summed E-state index contributed by atoms with van der Waals surface area (Å²) in [6.45, 7) is 12.6. The molecule has 6 aromatic rings. The van der Waals surface area contributed by atoms with Crippen LogP contribution < -0.4 is 28.4 Å². The van der Waals surface area contributed by atoms with Crippen molar-refractivity contribution in [3.63, 3.8) is 0 Å². The highest BCUT2D eigenvalue weighted by molar-refractivity contribution is 5.74. The van der Waals surface area contributed by atoms with Gasteiger partial charge in [-0.3, -0.25) is 0 Å². The van der Waals surface area contributed by atoms with Gasteiger partial charge in [-0.25, -0.2) is 28.8 Å². The maximum atomic E-state index is 14.3. The van der Waals surface area contributed by atoms with Gasteiger partial charge in [0.1, 0.15) is 34.5 Å². The van der Waals surface area contributed by atoms with Crippen molar-refractivity contribution in [3.05, 3.63) is 176 Å². The summed E-state index contributed by atoms with van der Waals surface area (Å²) in [5, 5.41) is 0. The summed E-state index contributed by atoms with van der Waals surface area (Å²) >= 11 is 0. The lowest BCUT2D eigenvalue weighted by molar-refractivity contribution is -0.147. The molecule has 0 aromatic heterocycles. The SMILES string of the molecule is CCCCCCCCCCCCOC(=O)COc1c2cccc1Cc1cccc(c1OCC(=O)OCCCCCCCCCCCC)Cc1cccc(c1OCC(=O)OCCCCCCCCCCCC)Cc1cccc(c1OCC(=O)OCCCCCCCCCCCC)Cc1cccc(c1OCC(=O)OCCCCCCCCCCCC)Cc1cccc(c1OCC(=O)OCCCCCCCCCCCC)C2. The topological polar surface area (TPSA) is 213 Å². The molecule has 0 spiro atoms. The fraction of sp³-hybridized carbons (Fsp3) is 0.667. The van der Waals surface area contributed by atoms with E-state index >= 15 is 0 Å². The van der Waals surface area contributed by atoms with E-state index in [1.54, 1.807) is 0 Å². The molecule has 0 heterocycles. The highest BCUT2D eigenvalue weighted by Gasteiger charge is 2.27. The maximum Gasteiger partial charge on any atom is 0.344 e. The van der Waals surface area contributed by atoms with Gasteiger partial charge in [0.2, 0.25) is 0 Å². The van der Waals surface area contributed by atoms with Crippen LogP contribution in [0.5, 0.6) is 34.5 Å². The van der Waals surface area contributed by atoms with Crippen LogP contribution in [0.25, 0.3) is 0 Å². The van der Waals surface area contributed by atoms with E-state index in [1.807, 2.05) is 109 Å². The first kappa shape index (κ1) is 122. The minimum Gasteiger partial charge on any atom is -0.481 e. The summed E-state index contributed by atoms with van der Waals surface area (Å²) in [4.78, 5) is 85.7. The number of rotatable bonds is 84. The van der Waals surface area contributed by atoms with Gasteiger partial charge in [0, 0.05) is 38.5 Å². The zero-order chi connectivity index (χ0) is 102. The van der Waals surface area contributed by atoms with Gasteiger partial charge in [-0.15, -0.1) is 0 Å². The largest absolute Gasteiger partial charge is 0.481 e. The quantitative estimate of drug-likeness (QED) is 0.0197. The lowest BCUT2D eigenvalue weighted by atomic mass is 9.91. The van der Waals surface area contributed by atoms with E-state index < -0.39 is 75.5 Å². The van der Waals surface area contributed by atoms with Crippen molar-refractivity contribution in [2.75, 3.05) is 79.3 Å². The Bertz CT molecular complexity index is 3560. The smallest absolute Gasteiger partial charge is 0.344 e. The van der Waals surface area contributed by atoms with Crippen molar-refractivity contribution in [1.29, 1.82) is 0 Å². The molecule has 1 aliphatic carbocycles. The zero-order valence-corrected chi connectivity index (χ0v) is 90.9.